The van der Waals surface area contributed by atoms with Crippen LogP contribution in [0.2, 0.25) is 0 Å². The molecule has 0 radical (unpaired) electrons. The molecule has 6 heteroatoms. The molecule has 0 unspecified atom stereocenters. The number of carbonyl (C=O) groups is 1. The maximum Gasteiger partial charge on any atom is 0.273 e. The number of benzene rings is 1. The summed E-state index contributed by atoms with van der Waals surface area (Å²) in [4.78, 5) is 16.1. The molecule has 1 saturated heterocycles. The van der Waals surface area contributed by atoms with Gasteiger partial charge in [0, 0.05) is 12.6 Å². The van der Waals surface area contributed by atoms with Gasteiger partial charge in [-0.25, -0.2) is 0 Å². The van der Waals surface area contributed by atoms with Crippen LogP contribution in [-0.2, 0) is 0 Å². The van der Waals surface area contributed by atoms with Gasteiger partial charge < -0.3 is 5.32 Å². The zero-order chi connectivity index (χ0) is 15.4. The van der Waals surface area contributed by atoms with E-state index in [0.29, 0.717) is 18.3 Å². The second kappa shape index (κ2) is 6.70. The molecule has 22 heavy (non-hydrogen) atoms. The molecule has 1 aliphatic heterocycles. The Kier molecular flexibility index (Phi) is 4.48. The largest absolute Gasteiger partial charge is 0.349 e. The number of rotatable bonds is 5. The van der Waals surface area contributed by atoms with Crippen LogP contribution in [-0.4, -0.2) is 51.5 Å². The zero-order valence-corrected chi connectivity index (χ0v) is 12.8. The third kappa shape index (κ3) is 3.17. The number of hydrogen-bond acceptors (Lipinski definition) is 4. The Hall–Kier alpha value is -2.21. The summed E-state index contributed by atoms with van der Waals surface area (Å²) in [6.07, 6.45) is 3.86. The average molecular weight is 299 g/mol. The fraction of sp³-hybridized carbons (Fsp3) is 0.438. The van der Waals surface area contributed by atoms with Crippen molar-refractivity contribution in [1.29, 1.82) is 0 Å². The number of carbonyl (C=O) groups excluding carboxylic acids is 1. The molecule has 0 bridgehead atoms. The predicted molar refractivity (Wildman–Crippen MR) is 84.0 cm³/mol. The van der Waals surface area contributed by atoms with E-state index in [4.69, 9.17) is 0 Å². The number of nitrogens with zero attached hydrogens (tertiary/aromatic N) is 4. The lowest BCUT2D eigenvalue weighted by molar-refractivity contribution is 0.0936. The molecule has 0 saturated carbocycles. The van der Waals surface area contributed by atoms with Crippen LogP contribution in [0.25, 0.3) is 5.69 Å². The van der Waals surface area contributed by atoms with Gasteiger partial charge in [0.15, 0.2) is 5.69 Å². The van der Waals surface area contributed by atoms with Crippen molar-refractivity contribution in [3.63, 3.8) is 0 Å². The lowest BCUT2D eigenvalue weighted by Gasteiger charge is -2.22. The molecule has 2 aromatic rings. The minimum absolute atomic E-state index is 0.162. The van der Waals surface area contributed by atoms with Gasteiger partial charge in [-0.05, 0) is 38.1 Å². The van der Waals surface area contributed by atoms with Crippen molar-refractivity contribution in [3.05, 3.63) is 42.2 Å². The van der Waals surface area contributed by atoms with E-state index in [1.807, 2.05) is 30.3 Å². The summed E-state index contributed by atoms with van der Waals surface area (Å²) in [6, 6.07) is 10.0. The number of likely N-dealkylation sites (tertiary alicyclic amines) is 1. The Balaban J connectivity index is 1.60. The first-order chi connectivity index (χ1) is 10.8. The highest BCUT2D eigenvalue weighted by Gasteiger charge is 2.23. The minimum atomic E-state index is -0.162. The van der Waals surface area contributed by atoms with Gasteiger partial charge in [-0.15, -0.1) is 5.10 Å². The average Bonchev–Trinajstić information content (AvgIpc) is 3.22. The van der Waals surface area contributed by atoms with Crippen molar-refractivity contribution in [2.75, 3.05) is 19.6 Å². The lowest BCUT2D eigenvalue weighted by Crippen LogP contribution is -2.40. The van der Waals surface area contributed by atoms with Gasteiger partial charge in [0.2, 0.25) is 0 Å². The van der Waals surface area contributed by atoms with Crippen LogP contribution in [0.15, 0.2) is 36.5 Å². The van der Waals surface area contributed by atoms with Crippen molar-refractivity contribution in [3.8, 4) is 5.69 Å². The zero-order valence-electron chi connectivity index (χ0n) is 12.8. The van der Waals surface area contributed by atoms with Gasteiger partial charge >= 0.3 is 0 Å². The quantitative estimate of drug-likeness (QED) is 0.908. The van der Waals surface area contributed by atoms with Crippen LogP contribution in [0.5, 0.6) is 0 Å². The smallest absolute Gasteiger partial charge is 0.273 e. The summed E-state index contributed by atoms with van der Waals surface area (Å²) in [7, 11) is 0. The predicted octanol–water partition coefficient (Wildman–Crippen LogP) is 1.48. The Labute approximate surface area is 130 Å². The first kappa shape index (κ1) is 14.7. The summed E-state index contributed by atoms with van der Waals surface area (Å²) >= 11 is 0. The third-order valence-electron chi connectivity index (χ3n) is 4.12. The van der Waals surface area contributed by atoms with Gasteiger partial charge in [-0.3, -0.25) is 9.69 Å². The molecule has 1 aliphatic rings. The van der Waals surface area contributed by atoms with Gasteiger partial charge in [0.1, 0.15) is 0 Å². The summed E-state index contributed by atoms with van der Waals surface area (Å²) in [6.45, 7) is 4.99. The van der Waals surface area contributed by atoms with E-state index in [2.05, 4.69) is 27.3 Å². The van der Waals surface area contributed by atoms with E-state index in [9.17, 15) is 4.79 Å². The van der Waals surface area contributed by atoms with Crippen molar-refractivity contribution < 1.29 is 4.79 Å². The van der Waals surface area contributed by atoms with Crippen LogP contribution in [0.3, 0.4) is 0 Å². The van der Waals surface area contributed by atoms with E-state index in [1.54, 1.807) is 0 Å². The summed E-state index contributed by atoms with van der Waals surface area (Å²) in [5, 5.41) is 11.4. The standard InChI is InChI=1S/C16H21N5O/c1-2-20-10-6-9-14(20)11-17-16(22)15-12-18-21(19-15)13-7-4-3-5-8-13/h3-5,7-8,12,14H,2,6,9-11H2,1H3,(H,17,22)/t14-/m1/s1. The lowest BCUT2D eigenvalue weighted by atomic mass is 10.2. The molecular weight excluding hydrogens is 278 g/mol. The Morgan fingerprint density at radius 1 is 1.36 bits per heavy atom. The molecule has 6 nitrogen and oxygen atoms in total. The molecule has 116 valence electrons. The highest BCUT2D eigenvalue weighted by atomic mass is 16.2. The molecule has 0 spiro atoms. The van der Waals surface area contributed by atoms with Crippen molar-refractivity contribution in [1.82, 2.24) is 25.2 Å². The maximum absolute atomic E-state index is 12.2. The molecule has 1 N–H and O–H groups in total. The first-order valence-electron chi connectivity index (χ1n) is 7.78. The van der Waals surface area contributed by atoms with Crippen LogP contribution in [0.1, 0.15) is 30.3 Å². The van der Waals surface area contributed by atoms with Crippen molar-refractivity contribution >= 4 is 5.91 Å². The first-order valence-corrected chi connectivity index (χ1v) is 7.78. The van der Waals surface area contributed by atoms with E-state index < -0.39 is 0 Å². The van der Waals surface area contributed by atoms with Crippen molar-refractivity contribution in [2.45, 2.75) is 25.8 Å². The van der Waals surface area contributed by atoms with Crippen LogP contribution < -0.4 is 5.32 Å². The summed E-state index contributed by atoms with van der Waals surface area (Å²) in [5.41, 5.74) is 1.19. The second-order valence-corrected chi connectivity index (χ2v) is 5.49. The Bertz CT molecular complexity index is 624. The number of aromatic nitrogens is 3. The van der Waals surface area contributed by atoms with E-state index in [-0.39, 0.29) is 5.91 Å². The highest BCUT2D eigenvalue weighted by molar-refractivity contribution is 5.91. The molecule has 1 aromatic carbocycles. The summed E-state index contributed by atoms with van der Waals surface area (Å²) < 4.78 is 0. The van der Waals surface area contributed by atoms with E-state index in [1.165, 1.54) is 17.4 Å². The Morgan fingerprint density at radius 2 is 2.18 bits per heavy atom. The number of hydrogen-bond donors (Lipinski definition) is 1. The van der Waals surface area contributed by atoms with Crippen LogP contribution >= 0.6 is 0 Å². The minimum Gasteiger partial charge on any atom is -0.349 e. The molecule has 3 rings (SSSR count). The molecule has 1 atom stereocenters. The van der Waals surface area contributed by atoms with Gasteiger partial charge in [-0.2, -0.15) is 9.90 Å². The van der Waals surface area contributed by atoms with E-state index >= 15 is 0 Å². The topological polar surface area (TPSA) is 63.1 Å². The fourth-order valence-corrected chi connectivity index (χ4v) is 2.90. The summed E-state index contributed by atoms with van der Waals surface area (Å²) in [5.74, 6) is -0.162. The van der Waals surface area contributed by atoms with Gasteiger partial charge in [0.25, 0.3) is 5.91 Å². The SMILES string of the molecule is CCN1CCC[C@@H]1CNC(=O)c1cnn(-c2ccccc2)n1. The second-order valence-electron chi connectivity index (χ2n) is 5.49. The number of nitrogens with one attached hydrogen (secondary N) is 1. The number of para-hydroxylation sites is 1. The monoisotopic (exact) mass is 299 g/mol. The fourth-order valence-electron chi connectivity index (χ4n) is 2.90. The normalized spacial score (nSPS) is 18.5. The van der Waals surface area contributed by atoms with Crippen LogP contribution in [0, 0.1) is 0 Å². The Morgan fingerprint density at radius 3 is 2.95 bits per heavy atom. The maximum atomic E-state index is 12.2. The van der Waals surface area contributed by atoms with E-state index in [0.717, 1.165) is 25.2 Å². The van der Waals surface area contributed by atoms with Crippen LogP contribution in [0.4, 0.5) is 0 Å². The molecule has 1 amide bonds. The molecular formula is C16H21N5O. The molecule has 1 aromatic heterocycles. The molecule has 1 fully saturated rings. The van der Waals surface area contributed by atoms with Gasteiger partial charge in [-0.1, -0.05) is 25.1 Å². The number of amides is 1. The third-order valence-corrected chi connectivity index (χ3v) is 4.12. The number of likely N-dealkylation sites (N-methyl/N-ethyl adjacent to an activating group) is 1. The van der Waals surface area contributed by atoms with Crippen molar-refractivity contribution in [2.24, 2.45) is 0 Å². The molecule has 2 heterocycles. The molecule has 0 aliphatic carbocycles. The van der Waals surface area contributed by atoms with Gasteiger partial charge in [0.05, 0.1) is 11.9 Å². The highest BCUT2D eigenvalue weighted by Crippen LogP contribution is 2.15.